The summed E-state index contributed by atoms with van der Waals surface area (Å²) in [6.07, 6.45) is 1.77. The number of nitrogens with zero attached hydrogens (tertiary/aromatic N) is 5. The molecule has 0 N–H and O–H groups in total. The first-order valence-electron chi connectivity index (χ1n) is 13.0. The van der Waals surface area contributed by atoms with Gasteiger partial charge in [0.1, 0.15) is 27.6 Å². The van der Waals surface area contributed by atoms with Crippen molar-refractivity contribution in [2.24, 2.45) is 0 Å². The van der Waals surface area contributed by atoms with Gasteiger partial charge in [0.15, 0.2) is 0 Å². The first kappa shape index (κ1) is 27.6. The number of anilines is 2. The van der Waals surface area contributed by atoms with Crippen LogP contribution in [0.1, 0.15) is 29.2 Å². The van der Waals surface area contributed by atoms with E-state index < -0.39 is 0 Å². The lowest BCUT2D eigenvalue weighted by Gasteiger charge is -2.39. The number of amides is 1. The summed E-state index contributed by atoms with van der Waals surface area (Å²) in [5, 5.41) is 9.85. The number of aromatic nitrogens is 1. The van der Waals surface area contributed by atoms with Gasteiger partial charge >= 0.3 is 0 Å². The third-order valence-corrected chi connectivity index (χ3v) is 8.64. The molecule has 2 aromatic carbocycles. The van der Waals surface area contributed by atoms with Gasteiger partial charge in [-0.3, -0.25) is 19.1 Å². The Morgan fingerprint density at radius 1 is 1.02 bits per heavy atom. The maximum absolute atomic E-state index is 13.5. The third kappa shape index (κ3) is 5.27. The van der Waals surface area contributed by atoms with E-state index in [0.717, 1.165) is 24.3 Å². The largest absolute Gasteiger partial charge is 0.368 e. The number of nitriles is 1. The molecule has 0 bridgehead atoms. The van der Waals surface area contributed by atoms with Gasteiger partial charge in [0, 0.05) is 44.0 Å². The Morgan fingerprint density at radius 3 is 2.30 bits per heavy atom. The number of thioether (sulfide) groups is 1. The molecule has 0 spiro atoms. The SMILES string of the molecule is CCn1c(N2CCN(c3ccccc3)CC2)c(/C=C2/SC(=S)N(Cc3ccc(F)cc3)C2=O)c(C)c(C#N)c1=O. The summed E-state index contributed by atoms with van der Waals surface area (Å²) in [6.45, 7) is 7.13. The Morgan fingerprint density at radius 2 is 1.68 bits per heavy atom. The fourth-order valence-electron chi connectivity index (χ4n) is 5.13. The van der Waals surface area contributed by atoms with Crippen LogP contribution >= 0.6 is 24.0 Å². The van der Waals surface area contributed by atoms with Gasteiger partial charge < -0.3 is 9.80 Å². The number of piperazine rings is 1. The fraction of sp³-hybridized carbons (Fsp3) is 0.267. The van der Waals surface area contributed by atoms with Gasteiger partial charge in [-0.15, -0.1) is 0 Å². The molecule has 3 heterocycles. The van der Waals surface area contributed by atoms with Crippen LogP contribution in [-0.2, 0) is 17.9 Å². The van der Waals surface area contributed by atoms with Crippen LogP contribution in [0.15, 0.2) is 64.3 Å². The summed E-state index contributed by atoms with van der Waals surface area (Å²) in [6, 6.07) is 18.3. The van der Waals surface area contributed by atoms with Crippen molar-refractivity contribution in [1.82, 2.24) is 9.47 Å². The third-order valence-electron chi connectivity index (χ3n) is 7.27. The van der Waals surface area contributed by atoms with Crippen LogP contribution < -0.4 is 15.4 Å². The summed E-state index contributed by atoms with van der Waals surface area (Å²) in [5.74, 6) is 0.104. The second-order valence-corrected chi connectivity index (χ2v) is 11.3. The van der Waals surface area contributed by atoms with Crippen molar-refractivity contribution in [2.45, 2.75) is 26.9 Å². The number of benzene rings is 2. The zero-order chi connectivity index (χ0) is 28.4. The number of hydrogen-bond donors (Lipinski definition) is 0. The van der Waals surface area contributed by atoms with Gasteiger partial charge in [-0.25, -0.2) is 4.39 Å². The lowest BCUT2D eigenvalue weighted by Crippen LogP contribution is -2.48. The van der Waals surface area contributed by atoms with E-state index in [4.69, 9.17) is 12.2 Å². The van der Waals surface area contributed by atoms with Crippen LogP contribution in [0.25, 0.3) is 6.08 Å². The van der Waals surface area contributed by atoms with Crippen LogP contribution in [-0.4, -0.2) is 45.9 Å². The minimum Gasteiger partial charge on any atom is -0.368 e. The molecular weight excluding hydrogens is 545 g/mol. The highest BCUT2D eigenvalue weighted by molar-refractivity contribution is 8.26. The standard InChI is InChI=1S/C30H28FN5O2S2/c1-3-35-27(34-15-13-33(14-16-34)23-7-5-4-6-8-23)24(20(2)25(18-32)28(35)37)17-26-29(38)36(30(39)40-26)19-21-9-11-22(31)12-10-21/h4-12,17H,3,13-16,19H2,1-2H3/b26-17+. The Labute approximate surface area is 242 Å². The average Bonchev–Trinajstić information content (AvgIpc) is 3.23. The Kier molecular flexibility index (Phi) is 8.05. The van der Waals surface area contributed by atoms with Crippen molar-refractivity contribution < 1.29 is 9.18 Å². The quantitative estimate of drug-likeness (QED) is 0.306. The van der Waals surface area contributed by atoms with Gasteiger partial charge in [-0.1, -0.05) is 54.3 Å². The molecule has 0 radical (unpaired) electrons. The highest BCUT2D eigenvalue weighted by Crippen LogP contribution is 2.37. The zero-order valence-electron chi connectivity index (χ0n) is 22.3. The second kappa shape index (κ2) is 11.7. The molecule has 204 valence electrons. The first-order chi connectivity index (χ1) is 19.3. The van der Waals surface area contributed by atoms with Gasteiger partial charge in [-0.2, -0.15) is 5.26 Å². The van der Waals surface area contributed by atoms with E-state index in [1.165, 1.54) is 28.8 Å². The number of hydrogen-bond acceptors (Lipinski definition) is 7. The number of para-hydroxylation sites is 1. The molecule has 3 aromatic rings. The van der Waals surface area contributed by atoms with Crippen molar-refractivity contribution in [3.05, 3.63) is 97.9 Å². The van der Waals surface area contributed by atoms with Gasteiger partial charge in [0.2, 0.25) is 0 Å². The number of thiocarbonyl (C=S) groups is 1. The van der Waals surface area contributed by atoms with Crippen molar-refractivity contribution >= 4 is 51.8 Å². The smallest absolute Gasteiger partial charge is 0.270 e. The van der Waals surface area contributed by atoms with Gasteiger partial charge in [-0.05, 0) is 55.3 Å². The van der Waals surface area contributed by atoms with Crippen molar-refractivity contribution in [1.29, 1.82) is 5.26 Å². The highest BCUT2D eigenvalue weighted by atomic mass is 32.2. The van der Waals surface area contributed by atoms with E-state index in [-0.39, 0.29) is 29.4 Å². The van der Waals surface area contributed by atoms with Crippen molar-refractivity contribution in [3.8, 4) is 6.07 Å². The molecule has 1 amide bonds. The van der Waals surface area contributed by atoms with Crippen LogP contribution in [0.2, 0.25) is 0 Å². The molecule has 40 heavy (non-hydrogen) atoms. The molecule has 2 fully saturated rings. The topological polar surface area (TPSA) is 72.6 Å². The first-order valence-corrected chi connectivity index (χ1v) is 14.3. The lowest BCUT2D eigenvalue weighted by molar-refractivity contribution is -0.122. The lowest BCUT2D eigenvalue weighted by atomic mass is 10.0. The Balaban J connectivity index is 1.51. The molecule has 7 nitrogen and oxygen atoms in total. The molecule has 0 unspecified atom stereocenters. The van der Waals surface area contributed by atoms with Crippen molar-refractivity contribution in [3.63, 3.8) is 0 Å². The maximum atomic E-state index is 13.5. The second-order valence-electron chi connectivity index (χ2n) is 9.60. The van der Waals surface area contributed by atoms with E-state index in [0.29, 0.717) is 45.8 Å². The summed E-state index contributed by atoms with van der Waals surface area (Å²) in [7, 11) is 0. The molecule has 0 aliphatic carbocycles. The van der Waals surface area contributed by atoms with E-state index in [9.17, 15) is 19.2 Å². The van der Waals surface area contributed by atoms with Crippen molar-refractivity contribution in [2.75, 3.05) is 36.0 Å². The Hall–Kier alpha value is -3.94. The van der Waals surface area contributed by atoms with E-state index >= 15 is 0 Å². The number of carbonyl (C=O) groups excluding carboxylic acids is 1. The number of pyridine rings is 1. The maximum Gasteiger partial charge on any atom is 0.270 e. The predicted molar refractivity (Wildman–Crippen MR) is 162 cm³/mol. The molecule has 2 aliphatic heterocycles. The van der Waals surface area contributed by atoms with Crippen LogP contribution in [0.3, 0.4) is 0 Å². The minimum atomic E-state index is -0.346. The molecular formula is C30H28FN5O2S2. The monoisotopic (exact) mass is 573 g/mol. The van der Waals surface area contributed by atoms with E-state index in [1.807, 2.05) is 25.1 Å². The van der Waals surface area contributed by atoms with Gasteiger partial charge in [0.05, 0.1) is 11.4 Å². The highest BCUT2D eigenvalue weighted by Gasteiger charge is 2.33. The molecule has 0 atom stereocenters. The molecule has 0 saturated carbocycles. The minimum absolute atomic E-state index is 0.0709. The van der Waals surface area contributed by atoms with E-state index in [2.05, 4.69) is 28.0 Å². The molecule has 1 aromatic heterocycles. The number of halogens is 1. The fourth-order valence-corrected chi connectivity index (χ4v) is 6.37. The Bertz CT molecular complexity index is 1590. The molecule has 10 heteroatoms. The number of carbonyl (C=O) groups is 1. The van der Waals surface area contributed by atoms with Gasteiger partial charge in [0.25, 0.3) is 11.5 Å². The van der Waals surface area contributed by atoms with Crippen LogP contribution in [0.5, 0.6) is 0 Å². The summed E-state index contributed by atoms with van der Waals surface area (Å²) >= 11 is 6.72. The molecule has 2 saturated heterocycles. The molecule has 2 aliphatic rings. The predicted octanol–water partition coefficient (Wildman–Crippen LogP) is 4.92. The van der Waals surface area contributed by atoms with E-state index in [1.54, 1.807) is 29.7 Å². The van der Waals surface area contributed by atoms with Crippen LogP contribution in [0.4, 0.5) is 15.9 Å². The number of rotatable bonds is 6. The summed E-state index contributed by atoms with van der Waals surface area (Å²) in [4.78, 5) is 33.2. The summed E-state index contributed by atoms with van der Waals surface area (Å²) < 4.78 is 15.4. The molecule has 5 rings (SSSR count). The zero-order valence-corrected chi connectivity index (χ0v) is 23.9. The normalized spacial score (nSPS) is 16.6. The average molecular weight is 574 g/mol. The summed E-state index contributed by atoms with van der Waals surface area (Å²) in [5.41, 5.74) is 2.87. The van der Waals surface area contributed by atoms with Crippen LogP contribution in [0, 0.1) is 24.1 Å².